The smallest absolute Gasteiger partial charge is 0.269 e. The first-order chi connectivity index (χ1) is 28.4. The van der Waals surface area contributed by atoms with Gasteiger partial charge in [0.15, 0.2) is 0 Å². The van der Waals surface area contributed by atoms with Gasteiger partial charge in [0.1, 0.15) is 17.3 Å². The SMILES string of the molecule is CC(C)(C)c1ccnc(-n2c3ccccc3c3ccc(Oc4cccc(-n5[c-][n+](-c6ccc7c(c6)C(C)(C)CCC7(C)C)c6c(-c7ccccc7)cccc65)c4)cc32)c1. The lowest BCUT2D eigenvalue weighted by Gasteiger charge is -2.42. The van der Waals surface area contributed by atoms with Crippen LogP contribution in [0.15, 0.2) is 152 Å². The first-order valence-corrected chi connectivity index (χ1v) is 20.8. The Balaban J connectivity index is 1.09. The second kappa shape index (κ2) is 13.6. The molecule has 0 radical (unpaired) electrons. The lowest BCUT2D eigenvalue weighted by Crippen LogP contribution is -2.36. The topological polar surface area (TPSA) is 35.9 Å². The third-order valence-corrected chi connectivity index (χ3v) is 12.7. The fraction of sp³-hybridized carbons (Fsp3) is 0.222. The van der Waals surface area contributed by atoms with Gasteiger partial charge in [0, 0.05) is 23.0 Å². The second-order valence-electron chi connectivity index (χ2n) is 18.6. The molecule has 1 aliphatic carbocycles. The van der Waals surface area contributed by atoms with Gasteiger partial charge in [-0.1, -0.05) is 127 Å². The molecule has 6 aromatic carbocycles. The van der Waals surface area contributed by atoms with Crippen LogP contribution in [0.4, 0.5) is 0 Å². The Morgan fingerprint density at radius 3 is 2.15 bits per heavy atom. The van der Waals surface area contributed by atoms with Crippen LogP contribution in [-0.4, -0.2) is 14.1 Å². The van der Waals surface area contributed by atoms with Crippen molar-refractivity contribution in [2.75, 3.05) is 0 Å². The number of para-hydroxylation sites is 2. The maximum Gasteiger partial charge on any atom is 0.269 e. The predicted molar refractivity (Wildman–Crippen MR) is 242 cm³/mol. The van der Waals surface area contributed by atoms with Gasteiger partial charge in [-0.05, 0) is 118 Å². The number of pyridine rings is 1. The minimum absolute atomic E-state index is 0.00471. The number of rotatable bonds is 6. The molecule has 0 fully saturated rings. The largest absolute Gasteiger partial charge is 0.458 e. The van der Waals surface area contributed by atoms with Crippen molar-refractivity contribution in [3.05, 3.63) is 175 Å². The normalized spacial score (nSPS) is 14.8. The molecule has 292 valence electrons. The van der Waals surface area contributed by atoms with Crippen molar-refractivity contribution >= 4 is 32.8 Å². The van der Waals surface area contributed by atoms with Crippen LogP contribution >= 0.6 is 0 Å². The van der Waals surface area contributed by atoms with Crippen LogP contribution in [0.2, 0.25) is 0 Å². The van der Waals surface area contributed by atoms with Crippen molar-refractivity contribution in [3.63, 3.8) is 0 Å². The average molecular weight is 771 g/mol. The van der Waals surface area contributed by atoms with Gasteiger partial charge in [0.25, 0.3) is 6.33 Å². The highest BCUT2D eigenvalue weighted by Crippen LogP contribution is 2.46. The summed E-state index contributed by atoms with van der Waals surface area (Å²) in [4.78, 5) is 4.88. The van der Waals surface area contributed by atoms with Crippen LogP contribution in [-0.2, 0) is 16.2 Å². The molecule has 3 aromatic heterocycles. The molecule has 59 heavy (non-hydrogen) atoms. The van der Waals surface area contributed by atoms with Gasteiger partial charge in [-0.3, -0.25) is 13.7 Å². The molecule has 10 rings (SSSR count). The number of imidazole rings is 1. The highest BCUT2D eigenvalue weighted by Gasteiger charge is 2.37. The van der Waals surface area contributed by atoms with Crippen molar-refractivity contribution in [2.45, 2.75) is 77.6 Å². The van der Waals surface area contributed by atoms with Crippen LogP contribution < -0.4 is 9.30 Å². The summed E-state index contributed by atoms with van der Waals surface area (Å²) in [6, 6.07) is 51.9. The van der Waals surface area contributed by atoms with Crippen LogP contribution in [0.5, 0.6) is 11.5 Å². The van der Waals surface area contributed by atoms with Gasteiger partial charge < -0.3 is 4.74 Å². The second-order valence-corrected chi connectivity index (χ2v) is 18.6. The first-order valence-electron chi connectivity index (χ1n) is 20.8. The van der Waals surface area contributed by atoms with E-state index in [0.29, 0.717) is 0 Å². The van der Waals surface area contributed by atoms with Crippen molar-refractivity contribution in [1.82, 2.24) is 14.1 Å². The fourth-order valence-corrected chi connectivity index (χ4v) is 9.19. The minimum Gasteiger partial charge on any atom is -0.458 e. The molecule has 0 spiro atoms. The lowest BCUT2D eigenvalue weighted by molar-refractivity contribution is -0.572. The third kappa shape index (κ3) is 6.31. The molecule has 9 aromatic rings. The monoisotopic (exact) mass is 770 g/mol. The average Bonchev–Trinajstić information content (AvgIpc) is 3.79. The summed E-state index contributed by atoms with van der Waals surface area (Å²) in [5.41, 5.74) is 13.1. The number of hydrogen-bond acceptors (Lipinski definition) is 2. The molecule has 0 aliphatic heterocycles. The van der Waals surface area contributed by atoms with Crippen molar-refractivity contribution < 1.29 is 9.30 Å². The Morgan fingerprint density at radius 1 is 0.627 bits per heavy atom. The van der Waals surface area contributed by atoms with E-state index >= 15 is 0 Å². The Bertz CT molecular complexity index is 3070. The molecule has 5 nitrogen and oxygen atoms in total. The number of fused-ring (bicyclic) bond motifs is 5. The number of benzene rings is 6. The van der Waals surface area contributed by atoms with Gasteiger partial charge in [-0.25, -0.2) is 4.98 Å². The molecule has 0 bridgehead atoms. The fourth-order valence-electron chi connectivity index (χ4n) is 9.19. The van der Waals surface area contributed by atoms with E-state index in [2.05, 4.69) is 208 Å². The van der Waals surface area contributed by atoms with E-state index in [1.807, 2.05) is 12.3 Å². The molecular weight excluding hydrogens is 721 g/mol. The van der Waals surface area contributed by atoms with Crippen LogP contribution in [0.1, 0.15) is 78.0 Å². The van der Waals surface area contributed by atoms with Crippen LogP contribution in [0, 0.1) is 6.33 Å². The van der Waals surface area contributed by atoms with Gasteiger partial charge in [0.2, 0.25) is 0 Å². The molecule has 1 aliphatic rings. The predicted octanol–water partition coefficient (Wildman–Crippen LogP) is 13.3. The standard InChI is InChI=1S/C54H50N4O/c1-52(2,3)37-27-30-55-50(31-37)58-47-21-12-11-19-43(47)44-25-24-41(34-49(44)58)59-40-18-13-17-38(32-40)56-35-57(51-42(20-14-22-48(51)56)36-15-9-8-10-16-36)39-23-26-45-46(33-39)54(6,7)29-28-53(45,4)5/h8-27,30-34H,28-29H2,1-7H3. The molecule has 0 atom stereocenters. The van der Waals surface area contributed by atoms with E-state index in [0.717, 1.165) is 68.1 Å². The Morgan fingerprint density at radius 2 is 1.34 bits per heavy atom. The Hall–Kier alpha value is -6.46. The minimum atomic E-state index is -0.00471. The summed E-state index contributed by atoms with van der Waals surface area (Å²) in [5, 5.41) is 2.34. The third-order valence-electron chi connectivity index (χ3n) is 12.7. The number of ether oxygens (including phenoxy) is 1. The quantitative estimate of drug-likeness (QED) is 0.125. The highest BCUT2D eigenvalue weighted by molar-refractivity contribution is 6.09. The van der Waals surface area contributed by atoms with E-state index in [1.165, 1.54) is 34.1 Å². The van der Waals surface area contributed by atoms with E-state index < -0.39 is 0 Å². The zero-order valence-corrected chi connectivity index (χ0v) is 35.0. The van der Waals surface area contributed by atoms with Crippen molar-refractivity contribution in [3.8, 4) is 39.8 Å². The van der Waals surface area contributed by atoms with Gasteiger partial charge >= 0.3 is 0 Å². The van der Waals surface area contributed by atoms with E-state index in [4.69, 9.17) is 9.72 Å². The van der Waals surface area contributed by atoms with Gasteiger partial charge in [0.05, 0.1) is 33.4 Å². The summed E-state index contributed by atoms with van der Waals surface area (Å²) < 4.78 is 13.4. The number of nitrogens with zero attached hydrogens (tertiary/aromatic N) is 4. The van der Waals surface area contributed by atoms with Crippen molar-refractivity contribution in [2.24, 2.45) is 0 Å². The van der Waals surface area contributed by atoms with Crippen LogP contribution in [0.25, 0.3) is 61.2 Å². The molecule has 0 amide bonds. The molecular formula is C54H50N4O. The molecule has 0 unspecified atom stereocenters. The number of aromatic nitrogens is 4. The first kappa shape index (κ1) is 36.9. The maximum absolute atomic E-state index is 6.75. The summed E-state index contributed by atoms with van der Waals surface area (Å²) in [6.45, 7) is 16.3. The van der Waals surface area contributed by atoms with E-state index in [1.54, 1.807) is 0 Å². The molecule has 0 N–H and O–H groups in total. The summed E-state index contributed by atoms with van der Waals surface area (Å²) >= 11 is 0. The van der Waals surface area contributed by atoms with Gasteiger partial charge in [-0.15, -0.1) is 0 Å². The highest BCUT2D eigenvalue weighted by atomic mass is 16.5. The number of hydrogen-bond donors (Lipinski definition) is 0. The molecule has 0 saturated carbocycles. The lowest BCUT2D eigenvalue weighted by atomic mass is 9.63. The molecule has 3 heterocycles. The van der Waals surface area contributed by atoms with Crippen molar-refractivity contribution in [1.29, 1.82) is 0 Å². The summed E-state index contributed by atoms with van der Waals surface area (Å²) in [6.07, 6.45) is 8.09. The zero-order valence-electron chi connectivity index (χ0n) is 35.0. The Kier molecular flexibility index (Phi) is 8.47. The molecule has 5 heteroatoms. The van der Waals surface area contributed by atoms with Crippen LogP contribution in [0.3, 0.4) is 0 Å². The zero-order chi connectivity index (χ0) is 40.7. The van der Waals surface area contributed by atoms with Gasteiger partial charge in [-0.2, -0.15) is 0 Å². The van der Waals surface area contributed by atoms with E-state index in [9.17, 15) is 0 Å². The Labute approximate surface area is 347 Å². The van der Waals surface area contributed by atoms with E-state index in [-0.39, 0.29) is 16.2 Å². The summed E-state index contributed by atoms with van der Waals surface area (Å²) in [7, 11) is 0. The maximum atomic E-state index is 6.75. The summed E-state index contributed by atoms with van der Waals surface area (Å²) in [5.74, 6) is 2.40. The molecule has 0 saturated heterocycles.